The van der Waals surface area contributed by atoms with Gasteiger partial charge < -0.3 is 15.0 Å². The van der Waals surface area contributed by atoms with Crippen LogP contribution in [-0.2, 0) is 26.2 Å². The zero-order chi connectivity index (χ0) is 31.0. The van der Waals surface area contributed by atoms with Crippen LogP contribution in [-0.4, -0.2) is 50.4 Å². The smallest absolute Gasteiger partial charge is 0.264 e. The van der Waals surface area contributed by atoms with Gasteiger partial charge >= 0.3 is 0 Å². The predicted octanol–water partition coefficient (Wildman–Crippen LogP) is 6.23. The van der Waals surface area contributed by atoms with E-state index in [0.717, 1.165) is 9.87 Å². The zero-order valence-corrected chi connectivity index (χ0v) is 26.8. The van der Waals surface area contributed by atoms with Gasteiger partial charge in [-0.1, -0.05) is 53.9 Å². The summed E-state index contributed by atoms with van der Waals surface area (Å²) in [6.07, 6.45) is 0.708. The number of anilines is 1. The van der Waals surface area contributed by atoms with Gasteiger partial charge in [0.2, 0.25) is 11.8 Å². The van der Waals surface area contributed by atoms with E-state index in [1.165, 1.54) is 17.0 Å². The molecule has 8 nitrogen and oxygen atoms in total. The number of carbonyl (C=O) groups is 2. The van der Waals surface area contributed by atoms with Crippen LogP contribution < -0.4 is 14.4 Å². The Hall–Kier alpha value is -3.27. The third-order valence-electron chi connectivity index (χ3n) is 6.83. The molecular weight excluding hydrogens is 597 g/mol. The summed E-state index contributed by atoms with van der Waals surface area (Å²) in [5.74, 6) is -0.360. The van der Waals surface area contributed by atoms with Crippen molar-refractivity contribution in [2.45, 2.75) is 64.6 Å². The molecule has 3 rings (SSSR count). The van der Waals surface area contributed by atoms with E-state index in [0.29, 0.717) is 34.4 Å². The molecule has 2 amide bonds. The fourth-order valence-electron chi connectivity index (χ4n) is 4.12. The van der Waals surface area contributed by atoms with Crippen LogP contribution in [0.25, 0.3) is 0 Å². The molecule has 3 aromatic carbocycles. The van der Waals surface area contributed by atoms with E-state index < -0.39 is 28.5 Å². The van der Waals surface area contributed by atoms with E-state index in [1.54, 1.807) is 61.5 Å². The predicted molar refractivity (Wildman–Crippen MR) is 168 cm³/mol. The number of rotatable bonds is 13. The Morgan fingerprint density at radius 3 is 2.14 bits per heavy atom. The lowest BCUT2D eigenvalue weighted by molar-refractivity contribution is -0.139. The fourth-order valence-corrected chi connectivity index (χ4v) is 5.86. The maximum absolute atomic E-state index is 14.0. The van der Waals surface area contributed by atoms with E-state index in [2.05, 4.69) is 5.32 Å². The summed E-state index contributed by atoms with van der Waals surface area (Å²) >= 11 is 12.3. The number of nitrogens with zero attached hydrogens (tertiary/aromatic N) is 2. The van der Waals surface area contributed by atoms with E-state index in [1.807, 2.05) is 27.7 Å². The van der Waals surface area contributed by atoms with Crippen molar-refractivity contribution in [2.24, 2.45) is 0 Å². The molecule has 0 spiro atoms. The minimum atomic E-state index is -4.17. The standard InChI is InChI=1S/C31H37Cl2N3O5S/c1-6-22(4)34-31(38)23(5)35(19-24-10-17-28(32)29(33)18-24)30(37)20-36(25-11-13-26(14-12-25)41-7-2)42(39,40)27-15-8-21(3)9-16-27/h8-18,22-23H,6-7,19-20H2,1-5H3,(H,34,38)/t22-,23+/m1/s1. The first kappa shape index (κ1) is 33.2. The number of amides is 2. The molecule has 0 radical (unpaired) electrons. The minimum Gasteiger partial charge on any atom is -0.494 e. The summed E-state index contributed by atoms with van der Waals surface area (Å²) in [4.78, 5) is 28.6. The van der Waals surface area contributed by atoms with Crippen molar-refractivity contribution in [3.05, 3.63) is 87.9 Å². The molecule has 3 aromatic rings. The lowest BCUT2D eigenvalue weighted by Crippen LogP contribution is -2.52. The highest BCUT2D eigenvalue weighted by Crippen LogP contribution is 2.28. The number of benzene rings is 3. The third-order valence-corrected chi connectivity index (χ3v) is 9.36. The molecule has 0 aliphatic carbocycles. The van der Waals surface area contributed by atoms with E-state index in [9.17, 15) is 18.0 Å². The second kappa shape index (κ2) is 14.8. The molecule has 0 aromatic heterocycles. The summed E-state index contributed by atoms with van der Waals surface area (Å²) in [5, 5.41) is 3.57. The quantitative estimate of drug-likeness (QED) is 0.241. The summed E-state index contributed by atoms with van der Waals surface area (Å²) in [6.45, 7) is 9.04. The summed E-state index contributed by atoms with van der Waals surface area (Å²) in [7, 11) is -4.17. The normalized spacial score (nSPS) is 12.7. The molecule has 1 N–H and O–H groups in total. The molecule has 2 atom stereocenters. The highest BCUT2D eigenvalue weighted by atomic mass is 35.5. The Morgan fingerprint density at radius 2 is 1.57 bits per heavy atom. The summed E-state index contributed by atoms with van der Waals surface area (Å²) < 4.78 is 34.5. The molecular formula is C31H37Cl2N3O5S. The Labute approximate surface area is 258 Å². The molecule has 226 valence electrons. The average Bonchev–Trinajstić information content (AvgIpc) is 2.96. The van der Waals surface area contributed by atoms with E-state index in [-0.39, 0.29) is 29.1 Å². The van der Waals surface area contributed by atoms with Gasteiger partial charge in [0, 0.05) is 12.6 Å². The maximum atomic E-state index is 14.0. The van der Waals surface area contributed by atoms with Gasteiger partial charge in [-0.05, 0) is 88.2 Å². The first-order valence-electron chi connectivity index (χ1n) is 13.7. The Bertz CT molecular complexity index is 1480. The minimum absolute atomic E-state index is 0.00646. The van der Waals surface area contributed by atoms with Crippen LogP contribution in [0.4, 0.5) is 5.69 Å². The third kappa shape index (κ3) is 8.40. The summed E-state index contributed by atoms with van der Waals surface area (Å²) in [5.41, 5.74) is 1.81. The van der Waals surface area contributed by atoms with Crippen molar-refractivity contribution in [2.75, 3.05) is 17.5 Å². The molecule has 0 bridgehead atoms. The largest absolute Gasteiger partial charge is 0.494 e. The lowest BCUT2D eigenvalue weighted by atomic mass is 10.1. The molecule has 42 heavy (non-hydrogen) atoms. The lowest BCUT2D eigenvalue weighted by Gasteiger charge is -2.32. The number of ether oxygens (including phenoxy) is 1. The monoisotopic (exact) mass is 633 g/mol. The van der Waals surface area contributed by atoms with Crippen molar-refractivity contribution >= 4 is 50.7 Å². The van der Waals surface area contributed by atoms with Gasteiger partial charge in [-0.3, -0.25) is 13.9 Å². The van der Waals surface area contributed by atoms with Crippen LogP contribution in [0.3, 0.4) is 0 Å². The molecule has 11 heteroatoms. The number of carbonyl (C=O) groups excluding carboxylic acids is 2. The Morgan fingerprint density at radius 1 is 0.929 bits per heavy atom. The molecule has 0 heterocycles. The molecule has 0 fully saturated rings. The first-order chi connectivity index (χ1) is 19.9. The number of halogens is 2. The van der Waals surface area contributed by atoms with Crippen molar-refractivity contribution in [1.29, 1.82) is 0 Å². The number of nitrogens with one attached hydrogen (secondary N) is 1. The van der Waals surface area contributed by atoms with Crippen LogP contribution in [0.5, 0.6) is 5.75 Å². The van der Waals surface area contributed by atoms with Crippen molar-refractivity contribution in [3.8, 4) is 5.75 Å². The first-order valence-corrected chi connectivity index (χ1v) is 15.9. The number of aryl methyl sites for hydroxylation is 1. The van der Waals surface area contributed by atoms with Crippen LogP contribution in [0, 0.1) is 6.92 Å². The number of hydrogen-bond donors (Lipinski definition) is 1. The fraction of sp³-hybridized carbons (Fsp3) is 0.355. The highest BCUT2D eigenvalue weighted by molar-refractivity contribution is 7.92. The average molecular weight is 635 g/mol. The summed E-state index contributed by atoms with van der Waals surface area (Å²) in [6, 6.07) is 16.8. The van der Waals surface area contributed by atoms with Crippen LogP contribution >= 0.6 is 23.2 Å². The van der Waals surface area contributed by atoms with Crippen molar-refractivity contribution in [3.63, 3.8) is 0 Å². The van der Waals surface area contributed by atoms with Gasteiger partial charge in [-0.25, -0.2) is 8.42 Å². The second-order valence-corrected chi connectivity index (χ2v) is 12.7. The molecule has 0 unspecified atom stereocenters. The van der Waals surface area contributed by atoms with Gasteiger partial charge in [0.15, 0.2) is 0 Å². The zero-order valence-electron chi connectivity index (χ0n) is 24.4. The van der Waals surface area contributed by atoms with Gasteiger partial charge in [0.1, 0.15) is 18.3 Å². The van der Waals surface area contributed by atoms with Gasteiger partial charge in [0.05, 0.1) is 27.2 Å². The highest BCUT2D eigenvalue weighted by Gasteiger charge is 2.33. The topological polar surface area (TPSA) is 96.0 Å². The van der Waals surface area contributed by atoms with E-state index >= 15 is 0 Å². The molecule has 0 saturated carbocycles. The van der Waals surface area contributed by atoms with Crippen LogP contribution in [0.15, 0.2) is 71.6 Å². The Balaban J connectivity index is 2.04. The molecule has 0 aliphatic heterocycles. The number of sulfonamides is 1. The maximum Gasteiger partial charge on any atom is 0.264 e. The van der Waals surface area contributed by atoms with Gasteiger partial charge in [-0.15, -0.1) is 0 Å². The van der Waals surface area contributed by atoms with Crippen molar-refractivity contribution < 1.29 is 22.7 Å². The van der Waals surface area contributed by atoms with Crippen LogP contribution in [0.1, 0.15) is 45.2 Å². The second-order valence-electron chi connectivity index (χ2n) is 10.0. The SMILES string of the molecule is CCOc1ccc(N(CC(=O)N(Cc2ccc(Cl)c(Cl)c2)[C@@H](C)C(=O)N[C@H](C)CC)S(=O)(=O)c2ccc(C)cc2)cc1. The Kier molecular flexibility index (Phi) is 11.7. The van der Waals surface area contributed by atoms with E-state index in [4.69, 9.17) is 27.9 Å². The van der Waals surface area contributed by atoms with Gasteiger partial charge in [0.25, 0.3) is 10.0 Å². The van der Waals surface area contributed by atoms with Gasteiger partial charge in [-0.2, -0.15) is 0 Å². The number of hydrogen-bond acceptors (Lipinski definition) is 5. The molecule has 0 aliphatic rings. The van der Waals surface area contributed by atoms with Crippen molar-refractivity contribution in [1.82, 2.24) is 10.2 Å². The van der Waals surface area contributed by atoms with Crippen LogP contribution in [0.2, 0.25) is 10.0 Å². The molecule has 0 saturated heterocycles.